The number of carbonyl (C=O) groups excluding carboxylic acids is 1. The van der Waals surface area contributed by atoms with Gasteiger partial charge in [0.05, 0.1) is 0 Å². The maximum Gasteiger partial charge on any atom is 0.225 e. The monoisotopic (exact) mass is 329 g/mol. The zero-order valence-electron chi connectivity index (χ0n) is 16.2. The molecule has 0 aliphatic rings. The molecule has 0 aliphatic carbocycles. The van der Waals surface area contributed by atoms with Crippen LogP contribution in [0.5, 0.6) is 0 Å². The minimum absolute atomic E-state index is 0.174. The lowest BCUT2D eigenvalue weighted by Gasteiger charge is -2.29. The lowest BCUT2D eigenvalue weighted by Crippen LogP contribution is -2.39. The first-order valence-electron chi connectivity index (χ1n) is 9.48. The van der Waals surface area contributed by atoms with Gasteiger partial charge in [-0.05, 0) is 31.2 Å². The Balaban J connectivity index is 2.83. The van der Waals surface area contributed by atoms with E-state index in [4.69, 9.17) is 0 Å². The van der Waals surface area contributed by atoms with Crippen LogP contribution >= 0.6 is 0 Å². The molecule has 2 heteroatoms. The van der Waals surface area contributed by atoms with Crippen LogP contribution in [0.15, 0.2) is 35.9 Å². The highest BCUT2D eigenvalue weighted by Gasteiger charge is 2.23. The van der Waals surface area contributed by atoms with Gasteiger partial charge in [-0.1, -0.05) is 82.5 Å². The largest absolute Gasteiger partial charge is 0.338 e. The Kier molecular flexibility index (Phi) is 9.44. The Labute approximate surface area is 149 Å². The van der Waals surface area contributed by atoms with Gasteiger partial charge in [0.1, 0.15) is 0 Å². The van der Waals surface area contributed by atoms with Gasteiger partial charge < -0.3 is 4.90 Å². The average molecular weight is 330 g/mol. The van der Waals surface area contributed by atoms with Crippen LogP contribution in [0.1, 0.15) is 65.9 Å². The van der Waals surface area contributed by atoms with Crippen LogP contribution < -0.4 is 0 Å². The molecule has 0 aromatic heterocycles. The number of hydrogen-bond acceptors (Lipinski definition) is 1. The zero-order valence-corrected chi connectivity index (χ0v) is 16.2. The number of unbranched alkanes of at least 4 members (excludes halogenated alkanes) is 1. The molecular formula is C22H35NO. The first-order valence-corrected chi connectivity index (χ1v) is 9.48. The highest BCUT2D eigenvalue weighted by Crippen LogP contribution is 2.18. The summed E-state index contributed by atoms with van der Waals surface area (Å²) in [5.41, 5.74) is 2.44. The summed E-state index contributed by atoms with van der Waals surface area (Å²) in [4.78, 5) is 15.1. The summed E-state index contributed by atoms with van der Waals surface area (Å²) in [6, 6.07) is 10.3. The van der Waals surface area contributed by atoms with Crippen molar-refractivity contribution in [1.29, 1.82) is 0 Å². The van der Waals surface area contributed by atoms with E-state index in [1.54, 1.807) is 0 Å². The van der Waals surface area contributed by atoms with E-state index in [9.17, 15) is 4.79 Å². The van der Waals surface area contributed by atoms with Crippen LogP contribution in [0.4, 0.5) is 0 Å². The first kappa shape index (κ1) is 20.5. The SMILES string of the molecule is CCCCC(CC)C(=O)N(C/C(C)=C/c1ccccc1)CC(C)C. The maximum absolute atomic E-state index is 13.0. The van der Waals surface area contributed by atoms with Gasteiger partial charge in [-0.25, -0.2) is 0 Å². The fraction of sp³-hybridized carbons (Fsp3) is 0.591. The number of hydrogen-bond donors (Lipinski definition) is 0. The van der Waals surface area contributed by atoms with Crippen molar-refractivity contribution >= 4 is 12.0 Å². The van der Waals surface area contributed by atoms with Crippen molar-refractivity contribution in [2.24, 2.45) is 11.8 Å². The van der Waals surface area contributed by atoms with Gasteiger partial charge in [0.2, 0.25) is 5.91 Å². The standard InChI is InChI=1S/C22H35NO/c1-6-8-14-21(7-2)22(24)23(16-18(3)4)17-19(5)15-20-12-10-9-11-13-20/h9-13,15,18,21H,6-8,14,16-17H2,1-5H3/b19-15+. The predicted molar refractivity (Wildman–Crippen MR) is 105 cm³/mol. The highest BCUT2D eigenvalue weighted by atomic mass is 16.2. The summed E-state index contributed by atoms with van der Waals surface area (Å²) in [5, 5.41) is 0. The van der Waals surface area contributed by atoms with E-state index in [1.165, 1.54) is 11.1 Å². The van der Waals surface area contributed by atoms with E-state index in [2.05, 4.69) is 57.7 Å². The van der Waals surface area contributed by atoms with Crippen molar-refractivity contribution in [3.8, 4) is 0 Å². The fourth-order valence-corrected chi connectivity index (χ4v) is 3.06. The van der Waals surface area contributed by atoms with Crippen molar-refractivity contribution in [3.05, 3.63) is 41.5 Å². The molecule has 1 amide bonds. The molecule has 0 bridgehead atoms. The number of carbonyl (C=O) groups is 1. The number of benzene rings is 1. The van der Waals surface area contributed by atoms with Crippen LogP contribution in [0.25, 0.3) is 6.08 Å². The molecule has 1 aromatic rings. The Bertz CT molecular complexity index is 504. The Morgan fingerprint density at radius 1 is 1.17 bits per heavy atom. The summed E-state index contributed by atoms with van der Waals surface area (Å²) < 4.78 is 0. The number of rotatable bonds is 10. The third-order valence-corrected chi connectivity index (χ3v) is 4.30. The highest BCUT2D eigenvalue weighted by molar-refractivity contribution is 5.79. The normalized spacial score (nSPS) is 13.2. The van der Waals surface area contributed by atoms with Gasteiger partial charge in [-0.15, -0.1) is 0 Å². The second kappa shape index (κ2) is 11.1. The predicted octanol–water partition coefficient (Wildman–Crippen LogP) is 5.79. The van der Waals surface area contributed by atoms with Gasteiger partial charge in [0.25, 0.3) is 0 Å². The van der Waals surface area contributed by atoms with Gasteiger partial charge in [0.15, 0.2) is 0 Å². The molecular weight excluding hydrogens is 294 g/mol. The summed E-state index contributed by atoms with van der Waals surface area (Å²) in [7, 11) is 0. The summed E-state index contributed by atoms with van der Waals surface area (Å²) in [5.74, 6) is 0.996. The molecule has 2 nitrogen and oxygen atoms in total. The molecule has 0 radical (unpaired) electrons. The molecule has 0 heterocycles. The van der Waals surface area contributed by atoms with Gasteiger partial charge in [-0.3, -0.25) is 4.79 Å². The molecule has 0 aliphatic heterocycles. The summed E-state index contributed by atoms with van der Waals surface area (Å²) in [6.45, 7) is 12.4. The van der Waals surface area contributed by atoms with E-state index >= 15 is 0 Å². The van der Waals surface area contributed by atoms with Crippen molar-refractivity contribution in [3.63, 3.8) is 0 Å². The second-order valence-corrected chi connectivity index (χ2v) is 7.26. The molecule has 0 N–H and O–H groups in total. The van der Waals surface area contributed by atoms with Crippen LogP contribution in [0.2, 0.25) is 0 Å². The summed E-state index contributed by atoms with van der Waals surface area (Å²) >= 11 is 0. The summed E-state index contributed by atoms with van der Waals surface area (Å²) in [6.07, 6.45) is 6.43. The molecule has 1 rings (SSSR count). The van der Waals surface area contributed by atoms with E-state index in [0.717, 1.165) is 38.8 Å². The zero-order chi connectivity index (χ0) is 17.9. The quantitative estimate of drug-likeness (QED) is 0.532. The second-order valence-electron chi connectivity index (χ2n) is 7.26. The van der Waals surface area contributed by atoms with E-state index in [1.807, 2.05) is 18.2 Å². The Morgan fingerprint density at radius 3 is 2.38 bits per heavy atom. The van der Waals surface area contributed by atoms with Crippen molar-refractivity contribution < 1.29 is 4.79 Å². The van der Waals surface area contributed by atoms with Gasteiger partial charge in [0, 0.05) is 19.0 Å². The molecule has 24 heavy (non-hydrogen) atoms. The molecule has 134 valence electrons. The third kappa shape index (κ3) is 7.33. The lowest BCUT2D eigenvalue weighted by molar-refractivity contribution is -0.136. The average Bonchev–Trinajstić information content (AvgIpc) is 2.55. The van der Waals surface area contributed by atoms with Gasteiger partial charge >= 0.3 is 0 Å². The number of amides is 1. The molecule has 0 saturated heterocycles. The minimum atomic E-state index is 0.174. The first-order chi connectivity index (χ1) is 11.5. The van der Waals surface area contributed by atoms with Crippen LogP contribution in [-0.2, 0) is 4.79 Å². The molecule has 0 spiro atoms. The smallest absolute Gasteiger partial charge is 0.225 e. The molecule has 1 unspecified atom stereocenters. The topological polar surface area (TPSA) is 20.3 Å². The fourth-order valence-electron chi connectivity index (χ4n) is 3.06. The van der Waals surface area contributed by atoms with Crippen LogP contribution in [0, 0.1) is 11.8 Å². The van der Waals surface area contributed by atoms with Crippen LogP contribution in [0.3, 0.4) is 0 Å². The van der Waals surface area contributed by atoms with Gasteiger partial charge in [-0.2, -0.15) is 0 Å². The third-order valence-electron chi connectivity index (χ3n) is 4.30. The molecule has 1 aromatic carbocycles. The molecule has 0 fully saturated rings. The minimum Gasteiger partial charge on any atom is -0.338 e. The maximum atomic E-state index is 13.0. The van der Waals surface area contributed by atoms with Crippen LogP contribution in [-0.4, -0.2) is 23.9 Å². The van der Waals surface area contributed by atoms with E-state index < -0.39 is 0 Å². The van der Waals surface area contributed by atoms with E-state index in [0.29, 0.717) is 11.8 Å². The Hall–Kier alpha value is -1.57. The Morgan fingerprint density at radius 2 is 1.83 bits per heavy atom. The van der Waals surface area contributed by atoms with Crippen molar-refractivity contribution in [2.45, 2.75) is 60.3 Å². The van der Waals surface area contributed by atoms with Crippen molar-refractivity contribution in [1.82, 2.24) is 4.90 Å². The lowest BCUT2D eigenvalue weighted by atomic mass is 9.97. The van der Waals surface area contributed by atoms with Crippen molar-refractivity contribution in [2.75, 3.05) is 13.1 Å². The number of nitrogens with zero attached hydrogens (tertiary/aromatic N) is 1. The molecule has 1 atom stereocenters. The van der Waals surface area contributed by atoms with E-state index in [-0.39, 0.29) is 5.92 Å². The molecule has 0 saturated carbocycles.